The molecule has 0 aliphatic carbocycles. The van der Waals surface area contributed by atoms with Crippen molar-refractivity contribution in [3.8, 4) is 0 Å². The Bertz CT molecular complexity index is 501. The number of aliphatic hydroxyl groups excluding tert-OH is 1. The van der Waals surface area contributed by atoms with Gasteiger partial charge in [0.25, 0.3) is 0 Å². The summed E-state index contributed by atoms with van der Waals surface area (Å²) < 4.78 is 4.71. The van der Waals surface area contributed by atoms with Crippen molar-refractivity contribution in [3.63, 3.8) is 0 Å². The van der Waals surface area contributed by atoms with Crippen LogP contribution in [0.3, 0.4) is 0 Å². The Morgan fingerprint density at radius 2 is 1.86 bits per heavy atom. The predicted molar refractivity (Wildman–Crippen MR) is 84.6 cm³/mol. The Labute approximate surface area is 135 Å². The van der Waals surface area contributed by atoms with E-state index in [0.717, 1.165) is 5.56 Å². The first kappa shape index (κ1) is 18.5. The van der Waals surface area contributed by atoms with Gasteiger partial charge >= 0.3 is 5.97 Å². The van der Waals surface area contributed by atoms with Gasteiger partial charge in [-0.15, -0.1) is 0 Å². The van der Waals surface area contributed by atoms with E-state index in [2.05, 4.69) is 5.32 Å². The monoisotopic (exact) mass is 327 g/mol. The van der Waals surface area contributed by atoms with Gasteiger partial charge in [-0.2, -0.15) is 0 Å². The van der Waals surface area contributed by atoms with Crippen molar-refractivity contribution in [2.24, 2.45) is 5.92 Å². The topological polar surface area (TPSA) is 75.6 Å². The van der Waals surface area contributed by atoms with Gasteiger partial charge in [0.15, 0.2) is 0 Å². The average molecular weight is 328 g/mol. The van der Waals surface area contributed by atoms with Crippen LogP contribution < -0.4 is 5.32 Å². The molecule has 0 saturated carbocycles. The number of hydrogen-bond donors (Lipinski definition) is 2. The number of halogens is 1. The molecule has 0 radical (unpaired) electrons. The van der Waals surface area contributed by atoms with Crippen LogP contribution in [0.4, 0.5) is 0 Å². The molecule has 0 unspecified atom stereocenters. The molecule has 2 N–H and O–H groups in total. The number of aliphatic hydroxyl groups is 1. The van der Waals surface area contributed by atoms with Crippen LogP contribution in [0.5, 0.6) is 0 Å². The summed E-state index contributed by atoms with van der Waals surface area (Å²) in [5.74, 6) is -0.952. The van der Waals surface area contributed by atoms with Crippen molar-refractivity contribution < 1.29 is 19.4 Å². The van der Waals surface area contributed by atoms with Crippen LogP contribution in [0.2, 0.25) is 5.02 Å². The molecule has 0 aliphatic rings. The molecule has 0 fully saturated rings. The highest BCUT2D eigenvalue weighted by Gasteiger charge is 2.25. The fraction of sp³-hybridized carbons (Fsp3) is 0.500. The molecule has 0 aliphatic heterocycles. The molecule has 0 bridgehead atoms. The highest BCUT2D eigenvalue weighted by atomic mass is 35.5. The largest absolute Gasteiger partial charge is 0.467 e. The minimum absolute atomic E-state index is 0.175. The van der Waals surface area contributed by atoms with E-state index in [1.54, 1.807) is 24.3 Å². The van der Waals surface area contributed by atoms with Gasteiger partial charge < -0.3 is 15.2 Å². The normalized spacial score (nSPS) is 13.5. The van der Waals surface area contributed by atoms with Gasteiger partial charge in [0.05, 0.1) is 7.11 Å². The molecule has 5 nitrogen and oxygen atoms in total. The zero-order valence-electron chi connectivity index (χ0n) is 13.0. The number of ether oxygens (including phenoxy) is 1. The summed E-state index contributed by atoms with van der Waals surface area (Å²) in [4.78, 5) is 23.8. The summed E-state index contributed by atoms with van der Waals surface area (Å²) in [6, 6.07) is 6.12. The fourth-order valence-electron chi connectivity index (χ4n) is 2.01. The van der Waals surface area contributed by atoms with Crippen molar-refractivity contribution >= 4 is 23.5 Å². The lowest BCUT2D eigenvalue weighted by Gasteiger charge is -2.19. The van der Waals surface area contributed by atoms with E-state index in [0.29, 0.717) is 11.4 Å². The minimum Gasteiger partial charge on any atom is -0.467 e. The number of methoxy groups -OCH3 is 1. The molecule has 122 valence electrons. The first-order chi connectivity index (χ1) is 10.3. The summed E-state index contributed by atoms with van der Waals surface area (Å²) in [7, 11) is 1.26. The number of carbonyl (C=O) groups is 2. The number of amides is 1. The SMILES string of the molecule is COC(=O)[C@H](Cc1ccc(Cl)cc1)NC(=O)[C@H](O)CC(C)C. The third-order valence-corrected chi connectivity index (χ3v) is 3.40. The van der Waals surface area contributed by atoms with E-state index >= 15 is 0 Å². The molecule has 0 saturated heterocycles. The van der Waals surface area contributed by atoms with Crippen molar-refractivity contribution in [2.45, 2.75) is 38.8 Å². The molecule has 0 spiro atoms. The smallest absolute Gasteiger partial charge is 0.328 e. The molecule has 0 aromatic heterocycles. The molecule has 1 aromatic carbocycles. The number of hydrogen-bond acceptors (Lipinski definition) is 4. The molecular formula is C16H22ClNO4. The summed E-state index contributed by atoms with van der Waals surface area (Å²) in [6.07, 6.45) is -0.539. The minimum atomic E-state index is -1.14. The molecule has 1 rings (SSSR count). The molecule has 22 heavy (non-hydrogen) atoms. The van der Waals surface area contributed by atoms with Gasteiger partial charge in [0, 0.05) is 11.4 Å². The Morgan fingerprint density at radius 1 is 1.27 bits per heavy atom. The molecule has 0 heterocycles. The van der Waals surface area contributed by atoms with E-state index in [1.807, 2.05) is 13.8 Å². The van der Waals surface area contributed by atoms with Crippen molar-refractivity contribution in [1.29, 1.82) is 0 Å². The van der Waals surface area contributed by atoms with E-state index in [9.17, 15) is 14.7 Å². The summed E-state index contributed by atoms with van der Waals surface area (Å²) in [6.45, 7) is 3.81. The van der Waals surface area contributed by atoms with Gasteiger partial charge in [-0.3, -0.25) is 4.79 Å². The molecule has 1 aromatic rings. The second-order valence-corrected chi connectivity index (χ2v) is 6.00. The Morgan fingerprint density at radius 3 is 2.36 bits per heavy atom. The van der Waals surface area contributed by atoms with Crippen LogP contribution in [0.1, 0.15) is 25.8 Å². The van der Waals surface area contributed by atoms with Crippen LogP contribution >= 0.6 is 11.6 Å². The summed E-state index contributed by atoms with van der Waals surface area (Å²) in [5.41, 5.74) is 0.832. The van der Waals surface area contributed by atoms with Gasteiger partial charge in [-0.05, 0) is 30.0 Å². The highest BCUT2D eigenvalue weighted by Crippen LogP contribution is 2.12. The summed E-state index contributed by atoms with van der Waals surface area (Å²) >= 11 is 5.82. The second kappa shape index (κ2) is 8.76. The number of carbonyl (C=O) groups excluding carboxylic acids is 2. The van der Waals surface area contributed by atoms with Crippen molar-refractivity contribution in [3.05, 3.63) is 34.9 Å². The maximum atomic E-state index is 12.0. The predicted octanol–water partition coefficient (Wildman–Crippen LogP) is 1.95. The van der Waals surface area contributed by atoms with Gasteiger partial charge in [0.2, 0.25) is 5.91 Å². The Hall–Kier alpha value is -1.59. The maximum Gasteiger partial charge on any atom is 0.328 e. The van der Waals surface area contributed by atoms with E-state index < -0.39 is 24.0 Å². The Kier molecular flexibility index (Phi) is 7.35. The Balaban J connectivity index is 2.74. The van der Waals surface area contributed by atoms with E-state index in [-0.39, 0.29) is 12.3 Å². The molecule has 1 amide bonds. The lowest BCUT2D eigenvalue weighted by molar-refractivity contribution is -0.146. The lowest BCUT2D eigenvalue weighted by atomic mass is 10.0. The third-order valence-electron chi connectivity index (χ3n) is 3.15. The standard InChI is InChI=1S/C16H22ClNO4/c1-10(2)8-14(19)15(20)18-13(16(21)22-3)9-11-4-6-12(17)7-5-11/h4-7,10,13-14,19H,8-9H2,1-3H3,(H,18,20)/t13-,14+/m0/s1. The first-order valence-electron chi connectivity index (χ1n) is 7.14. The number of nitrogens with one attached hydrogen (secondary N) is 1. The van der Waals surface area contributed by atoms with Gasteiger partial charge in [0.1, 0.15) is 12.1 Å². The zero-order valence-corrected chi connectivity index (χ0v) is 13.8. The van der Waals surface area contributed by atoms with Crippen molar-refractivity contribution in [1.82, 2.24) is 5.32 Å². The van der Waals surface area contributed by atoms with Gasteiger partial charge in [-0.1, -0.05) is 37.6 Å². The summed E-state index contributed by atoms with van der Waals surface area (Å²) in [5, 5.41) is 12.9. The molecular weight excluding hydrogens is 306 g/mol. The molecule has 6 heteroatoms. The van der Waals surface area contributed by atoms with Crippen molar-refractivity contribution in [2.75, 3.05) is 7.11 Å². The fourth-order valence-corrected chi connectivity index (χ4v) is 2.14. The van der Waals surface area contributed by atoms with Gasteiger partial charge in [-0.25, -0.2) is 4.79 Å². The zero-order chi connectivity index (χ0) is 16.7. The van der Waals surface area contributed by atoms with E-state index in [4.69, 9.17) is 16.3 Å². The second-order valence-electron chi connectivity index (χ2n) is 5.56. The van der Waals surface area contributed by atoms with Crippen LogP contribution in [0.25, 0.3) is 0 Å². The van der Waals surface area contributed by atoms with Crippen LogP contribution in [-0.4, -0.2) is 36.2 Å². The maximum absolute atomic E-state index is 12.0. The highest BCUT2D eigenvalue weighted by molar-refractivity contribution is 6.30. The van der Waals surface area contributed by atoms with Crippen LogP contribution in [0, 0.1) is 5.92 Å². The number of benzene rings is 1. The molecule has 2 atom stereocenters. The van der Waals surface area contributed by atoms with E-state index in [1.165, 1.54) is 7.11 Å². The average Bonchev–Trinajstić information content (AvgIpc) is 2.47. The third kappa shape index (κ3) is 6.03. The van der Waals surface area contributed by atoms with Crippen LogP contribution in [0.15, 0.2) is 24.3 Å². The van der Waals surface area contributed by atoms with Crippen LogP contribution in [-0.2, 0) is 20.7 Å². The number of esters is 1. The lowest BCUT2D eigenvalue weighted by Crippen LogP contribution is -2.47. The number of rotatable bonds is 7. The first-order valence-corrected chi connectivity index (χ1v) is 7.52. The quantitative estimate of drug-likeness (QED) is 0.751.